The summed E-state index contributed by atoms with van der Waals surface area (Å²) in [7, 11) is 2.97. The molecule has 12 nitrogen and oxygen atoms in total. The van der Waals surface area contributed by atoms with Crippen molar-refractivity contribution >= 4 is 87.0 Å². The van der Waals surface area contributed by atoms with Gasteiger partial charge in [0.1, 0.15) is 35.1 Å². The summed E-state index contributed by atoms with van der Waals surface area (Å²) in [6.07, 6.45) is 3.39. The molecule has 0 saturated carbocycles. The number of ether oxygens (including phenoxy) is 2. The lowest BCUT2D eigenvalue weighted by molar-refractivity contribution is -0.115. The fraction of sp³-hybridized carbons (Fsp3) is 0.520. The number of nitrogens with one attached hydrogen (secondary N) is 2. The number of aliphatic hydroxyl groups excluding tert-OH is 2. The molecule has 0 aromatic rings. The van der Waals surface area contributed by atoms with Crippen LogP contribution in [-0.2, 0) is 28.7 Å². The van der Waals surface area contributed by atoms with Crippen molar-refractivity contribution in [3.63, 3.8) is 0 Å². The predicted molar refractivity (Wildman–Crippen MR) is 164 cm³/mol. The second kappa shape index (κ2) is 13.3. The van der Waals surface area contributed by atoms with Crippen molar-refractivity contribution < 1.29 is 39.0 Å². The highest BCUT2D eigenvalue weighted by atomic mass is 79.9. The van der Waals surface area contributed by atoms with Gasteiger partial charge in [-0.3, -0.25) is 9.59 Å². The largest absolute Gasteiger partial charge is 0.495 e. The molecule has 0 aromatic carbocycles. The summed E-state index contributed by atoms with van der Waals surface area (Å²) >= 11 is 13.5. The first kappa shape index (κ1) is 32.2. The number of carbonyl (C=O) groups is 2. The van der Waals surface area contributed by atoms with Gasteiger partial charge in [-0.2, -0.15) is 0 Å². The van der Waals surface area contributed by atoms with E-state index in [-0.39, 0.29) is 36.1 Å². The van der Waals surface area contributed by atoms with Crippen LogP contribution >= 0.6 is 63.7 Å². The summed E-state index contributed by atoms with van der Waals surface area (Å²) in [6, 6.07) is 0. The number of hydrogen-bond acceptors (Lipinski definition) is 10. The Kier molecular flexibility index (Phi) is 10.4. The zero-order valence-electron chi connectivity index (χ0n) is 22.0. The summed E-state index contributed by atoms with van der Waals surface area (Å²) in [6.45, 7) is 0.818. The van der Waals surface area contributed by atoms with Crippen molar-refractivity contribution in [2.24, 2.45) is 10.3 Å². The second-order valence-electron chi connectivity index (χ2n) is 9.65. The second-order valence-corrected chi connectivity index (χ2v) is 13.1. The third kappa shape index (κ3) is 6.47. The van der Waals surface area contributed by atoms with Crippen LogP contribution in [0.5, 0.6) is 0 Å². The van der Waals surface area contributed by atoms with Gasteiger partial charge >= 0.3 is 0 Å². The quantitative estimate of drug-likeness (QED) is 0.245. The Morgan fingerprint density at radius 2 is 1.22 bits per heavy atom. The van der Waals surface area contributed by atoms with Crippen molar-refractivity contribution in [1.82, 2.24) is 10.6 Å². The maximum atomic E-state index is 12.6. The van der Waals surface area contributed by atoms with Crippen molar-refractivity contribution in [3.8, 4) is 0 Å². The fourth-order valence-corrected chi connectivity index (χ4v) is 8.26. The average Bonchev–Trinajstić information content (AvgIpc) is 3.56. The van der Waals surface area contributed by atoms with Gasteiger partial charge in [0, 0.05) is 25.9 Å². The minimum absolute atomic E-state index is 0.0899. The van der Waals surface area contributed by atoms with Gasteiger partial charge in [-0.25, -0.2) is 0 Å². The van der Waals surface area contributed by atoms with Crippen molar-refractivity contribution in [1.29, 1.82) is 0 Å². The van der Waals surface area contributed by atoms with E-state index in [0.29, 0.717) is 55.4 Å². The number of halogens is 4. The van der Waals surface area contributed by atoms with E-state index in [1.807, 2.05) is 0 Å². The van der Waals surface area contributed by atoms with Crippen LogP contribution in [0.4, 0.5) is 0 Å². The first-order valence-corrected chi connectivity index (χ1v) is 15.7. The Labute approximate surface area is 269 Å². The molecule has 16 heteroatoms. The Balaban J connectivity index is 1.14. The number of carbonyl (C=O) groups excluding carboxylic acids is 2. The molecule has 2 spiro atoms. The molecule has 0 unspecified atom stereocenters. The summed E-state index contributed by atoms with van der Waals surface area (Å²) in [5.41, 5.74) is -2.06. The molecule has 0 bridgehead atoms. The molecule has 0 saturated heterocycles. The van der Waals surface area contributed by atoms with Crippen LogP contribution in [0.1, 0.15) is 32.1 Å². The molecule has 0 fully saturated rings. The van der Waals surface area contributed by atoms with Gasteiger partial charge in [-0.15, -0.1) is 0 Å². The molecule has 2 aliphatic carbocycles. The first-order valence-electron chi connectivity index (χ1n) is 12.6. The molecular weight excluding hydrogens is 804 g/mol. The predicted octanol–water partition coefficient (Wildman–Crippen LogP) is 3.23. The van der Waals surface area contributed by atoms with E-state index in [4.69, 9.17) is 19.1 Å². The third-order valence-electron chi connectivity index (χ3n) is 6.91. The molecule has 4 atom stereocenters. The highest BCUT2D eigenvalue weighted by molar-refractivity contribution is 9.12. The number of amides is 2. The molecular formula is C25H28Br4N4O8. The minimum Gasteiger partial charge on any atom is -0.495 e. The Bertz CT molecular complexity index is 1200. The monoisotopic (exact) mass is 828 g/mol. The van der Waals surface area contributed by atoms with Crippen molar-refractivity contribution in [3.05, 3.63) is 41.6 Å². The Morgan fingerprint density at radius 1 is 0.829 bits per heavy atom. The van der Waals surface area contributed by atoms with E-state index in [2.05, 4.69) is 84.7 Å². The molecule has 0 aromatic heterocycles. The van der Waals surface area contributed by atoms with E-state index in [0.717, 1.165) is 6.42 Å². The number of allylic oxidation sites excluding steroid dienone is 2. The zero-order chi connectivity index (χ0) is 29.9. The molecule has 4 N–H and O–H groups in total. The number of oxime groups is 2. The maximum Gasteiger partial charge on any atom is 0.269 e. The Hall–Kier alpha value is -1.72. The van der Waals surface area contributed by atoms with Gasteiger partial charge in [0.2, 0.25) is 0 Å². The summed E-state index contributed by atoms with van der Waals surface area (Å²) < 4.78 is 12.5. The van der Waals surface area contributed by atoms with E-state index < -0.39 is 23.4 Å². The highest BCUT2D eigenvalue weighted by Crippen LogP contribution is 2.45. The van der Waals surface area contributed by atoms with Gasteiger partial charge < -0.3 is 40.0 Å². The van der Waals surface area contributed by atoms with Crippen molar-refractivity contribution in [2.75, 3.05) is 27.3 Å². The first-order chi connectivity index (χ1) is 19.5. The van der Waals surface area contributed by atoms with Gasteiger partial charge in [0.05, 0.1) is 32.1 Å². The Morgan fingerprint density at radius 3 is 1.59 bits per heavy atom. The number of methoxy groups -OCH3 is 2. The summed E-state index contributed by atoms with van der Waals surface area (Å²) in [4.78, 5) is 36.2. The smallest absolute Gasteiger partial charge is 0.269 e. The molecule has 2 heterocycles. The number of hydrogen-bond donors (Lipinski definition) is 4. The normalized spacial score (nSPS) is 29.0. The van der Waals surface area contributed by atoms with Gasteiger partial charge in [-0.1, -0.05) is 10.3 Å². The third-order valence-corrected chi connectivity index (χ3v) is 9.68. The molecule has 4 aliphatic rings. The number of nitrogens with zero attached hydrogens (tertiary/aromatic N) is 2. The van der Waals surface area contributed by atoms with E-state index in [1.54, 1.807) is 12.2 Å². The van der Waals surface area contributed by atoms with Crippen molar-refractivity contribution in [2.45, 2.75) is 55.5 Å². The van der Waals surface area contributed by atoms with Gasteiger partial charge in [0.25, 0.3) is 11.8 Å². The van der Waals surface area contributed by atoms with Crippen LogP contribution in [0.15, 0.2) is 51.9 Å². The van der Waals surface area contributed by atoms with Gasteiger partial charge in [-0.05, 0) is 95.1 Å². The molecule has 41 heavy (non-hydrogen) atoms. The van der Waals surface area contributed by atoms with E-state index >= 15 is 0 Å². The molecule has 4 rings (SSSR count). The van der Waals surface area contributed by atoms with E-state index in [1.165, 1.54) is 14.2 Å². The average molecular weight is 832 g/mol. The standard InChI is InChI=1S/C25H28Br4N4O8/c1-38-18-12(26)8-24(20(34)16(18)28)10-14(32-40-24)22(36)30-6-4-3-5-7-31-23(37)15-11-25(41-33-15)9-13(27)19(39-2)17(29)21(25)35/h8-9,20-21,34-35H,3-7,10-11H2,1-2H3,(H,30,36)(H,31,37)/t20-,21+,24+,25-. The number of aliphatic hydroxyl groups is 2. The van der Waals surface area contributed by atoms with Crippen LogP contribution in [0.25, 0.3) is 0 Å². The van der Waals surface area contributed by atoms with E-state index in [9.17, 15) is 19.8 Å². The van der Waals surface area contributed by atoms with Crippen LogP contribution in [0, 0.1) is 0 Å². The van der Waals surface area contributed by atoms with Crippen LogP contribution in [0.2, 0.25) is 0 Å². The zero-order valence-corrected chi connectivity index (χ0v) is 28.4. The lowest BCUT2D eigenvalue weighted by atomic mass is 9.87. The molecule has 2 amide bonds. The molecule has 224 valence electrons. The number of rotatable bonds is 10. The fourth-order valence-electron chi connectivity index (χ4n) is 4.67. The van der Waals surface area contributed by atoms with Crippen LogP contribution in [-0.4, -0.2) is 84.2 Å². The SMILES string of the molecule is COC1=C(Br)[C@@H](O)[C@]2(C=C1Br)CC(C(=O)NCCCCCNC(=O)C1=NO[C@]3(C=C(Br)C(OC)=C(Br)[C@@H]3O)C1)=NO2. The van der Waals surface area contributed by atoms with Crippen LogP contribution < -0.4 is 10.6 Å². The lowest BCUT2D eigenvalue weighted by Gasteiger charge is -2.33. The summed E-state index contributed by atoms with van der Waals surface area (Å²) in [5, 5.41) is 34.9. The lowest BCUT2D eigenvalue weighted by Crippen LogP contribution is -2.45. The number of unbranched alkanes of at least 4 members (excludes halogenated alkanes) is 2. The minimum atomic E-state index is -1.21. The van der Waals surface area contributed by atoms with Gasteiger partial charge in [0.15, 0.2) is 11.2 Å². The molecule has 2 aliphatic heterocycles. The van der Waals surface area contributed by atoms with Crippen LogP contribution in [0.3, 0.4) is 0 Å². The molecule has 0 radical (unpaired) electrons. The highest BCUT2D eigenvalue weighted by Gasteiger charge is 2.51. The maximum absolute atomic E-state index is 12.6. The summed E-state index contributed by atoms with van der Waals surface area (Å²) in [5.74, 6) is 0.133. The topological polar surface area (TPSA) is 160 Å².